The number of hydrogen-bond acceptors (Lipinski definition) is 4. The molecule has 4 nitrogen and oxygen atoms in total. The monoisotopic (exact) mass is 314 g/mol. The van der Waals surface area contributed by atoms with E-state index in [-0.39, 0.29) is 5.41 Å². The van der Waals surface area contributed by atoms with E-state index in [0.717, 1.165) is 24.2 Å². The summed E-state index contributed by atoms with van der Waals surface area (Å²) in [5.41, 5.74) is 0.823. The summed E-state index contributed by atoms with van der Waals surface area (Å²) in [7, 11) is 0. The first-order valence-corrected chi connectivity index (χ1v) is 7.15. The normalized spacial score (nSPS) is 26.2. The second-order valence-corrected chi connectivity index (χ2v) is 6.29. The maximum atomic E-state index is 6.01. The smallest absolute Gasteiger partial charge is 0.185 e. The van der Waals surface area contributed by atoms with Gasteiger partial charge in [0.25, 0.3) is 0 Å². The molecule has 0 aromatic carbocycles. The van der Waals surface area contributed by atoms with Crippen LogP contribution in [0, 0.1) is 5.92 Å². The van der Waals surface area contributed by atoms with Crippen LogP contribution in [0.15, 0.2) is 17.3 Å². The quantitative estimate of drug-likeness (QED) is 0.659. The van der Waals surface area contributed by atoms with E-state index in [2.05, 4.69) is 39.7 Å². The van der Waals surface area contributed by atoms with Crippen molar-refractivity contribution in [1.29, 1.82) is 0 Å². The predicted molar refractivity (Wildman–Crippen MR) is 77.1 cm³/mol. The largest absolute Gasteiger partial charge is 0.319 e. The van der Waals surface area contributed by atoms with Crippen LogP contribution in [-0.2, 0) is 5.41 Å². The maximum absolute atomic E-state index is 6.01. The van der Waals surface area contributed by atoms with Crippen molar-refractivity contribution in [2.24, 2.45) is 5.92 Å². The SMILES string of the molecule is CC1CC(c2cc(Cl)nc(Cl)c2)(c2nnc(S)[nH]2)C1. The molecule has 0 spiro atoms. The van der Waals surface area contributed by atoms with Gasteiger partial charge in [-0.05, 0) is 36.5 Å². The van der Waals surface area contributed by atoms with Crippen LogP contribution in [0.4, 0.5) is 0 Å². The molecular weight excluding hydrogens is 303 g/mol. The van der Waals surface area contributed by atoms with Crippen molar-refractivity contribution in [2.45, 2.75) is 30.3 Å². The third kappa shape index (κ3) is 2.24. The summed E-state index contributed by atoms with van der Waals surface area (Å²) in [6.07, 6.45) is 1.96. The van der Waals surface area contributed by atoms with Crippen LogP contribution in [-0.4, -0.2) is 20.2 Å². The lowest BCUT2D eigenvalue weighted by Crippen LogP contribution is -2.42. The van der Waals surface area contributed by atoms with Crippen LogP contribution in [0.5, 0.6) is 0 Å². The van der Waals surface area contributed by atoms with Gasteiger partial charge in [-0.25, -0.2) is 4.98 Å². The molecule has 0 atom stereocenters. The van der Waals surface area contributed by atoms with Crippen molar-refractivity contribution < 1.29 is 0 Å². The molecule has 1 aliphatic carbocycles. The molecule has 0 aliphatic heterocycles. The average molecular weight is 315 g/mol. The highest BCUT2D eigenvalue weighted by atomic mass is 35.5. The molecule has 0 saturated heterocycles. The first-order valence-electron chi connectivity index (χ1n) is 5.95. The van der Waals surface area contributed by atoms with E-state index in [4.69, 9.17) is 23.2 Å². The molecule has 2 aromatic heterocycles. The van der Waals surface area contributed by atoms with E-state index in [1.54, 1.807) is 0 Å². The molecule has 1 saturated carbocycles. The van der Waals surface area contributed by atoms with Crippen LogP contribution in [0.1, 0.15) is 31.2 Å². The molecule has 1 N–H and O–H groups in total. The number of nitrogens with zero attached hydrogens (tertiary/aromatic N) is 3. The van der Waals surface area contributed by atoms with Crippen molar-refractivity contribution in [1.82, 2.24) is 20.2 Å². The molecule has 3 rings (SSSR count). The minimum absolute atomic E-state index is 0.205. The number of halogens is 2. The molecule has 0 bridgehead atoms. The van der Waals surface area contributed by atoms with Gasteiger partial charge in [-0.15, -0.1) is 22.8 Å². The summed E-state index contributed by atoms with van der Waals surface area (Å²) in [6, 6.07) is 3.69. The van der Waals surface area contributed by atoms with Gasteiger partial charge >= 0.3 is 0 Å². The Morgan fingerprint density at radius 1 is 1.26 bits per heavy atom. The number of nitrogens with one attached hydrogen (secondary N) is 1. The second-order valence-electron chi connectivity index (χ2n) is 5.09. The van der Waals surface area contributed by atoms with Gasteiger partial charge < -0.3 is 4.98 Å². The van der Waals surface area contributed by atoms with Gasteiger partial charge in [-0.2, -0.15) is 0 Å². The summed E-state index contributed by atoms with van der Waals surface area (Å²) in [5, 5.41) is 9.43. The van der Waals surface area contributed by atoms with Crippen LogP contribution in [0.2, 0.25) is 10.3 Å². The van der Waals surface area contributed by atoms with Gasteiger partial charge in [0.05, 0.1) is 5.41 Å². The molecule has 2 heterocycles. The summed E-state index contributed by atoms with van der Waals surface area (Å²) < 4.78 is 0. The van der Waals surface area contributed by atoms with E-state index in [0.29, 0.717) is 21.4 Å². The summed E-state index contributed by atoms with van der Waals surface area (Å²) in [4.78, 5) is 7.11. The Bertz CT molecular complexity index is 602. The van der Waals surface area contributed by atoms with Gasteiger partial charge in [0, 0.05) is 0 Å². The molecule has 7 heteroatoms. The standard InChI is InChI=1S/C12H12Cl2N4S/c1-6-4-12(5-6,10-16-11(19)18-17-10)7-2-8(13)15-9(14)3-7/h2-3,6H,4-5H2,1H3,(H2,16,17,18,19). The van der Waals surface area contributed by atoms with Crippen molar-refractivity contribution >= 4 is 35.8 Å². The Hall–Kier alpha value is -0.780. The fourth-order valence-electron chi connectivity index (χ4n) is 2.91. The van der Waals surface area contributed by atoms with Crippen LogP contribution >= 0.6 is 35.8 Å². The average Bonchev–Trinajstić information content (AvgIpc) is 2.70. The van der Waals surface area contributed by atoms with Gasteiger partial charge in [0.2, 0.25) is 0 Å². The lowest BCUT2D eigenvalue weighted by molar-refractivity contribution is 0.189. The van der Waals surface area contributed by atoms with Crippen molar-refractivity contribution in [3.8, 4) is 0 Å². The fraction of sp³-hybridized carbons (Fsp3) is 0.417. The van der Waals surface area contributed by atoms with Crippen molar-refractivity contribution in [3.05, 3.63) is 33.8 Å². The molecule has 0 amide bonds. The number of aromatic amines is 1. The highest BCUT2D eigenvalue weighted by Crippen LogP contribution is 2.51. The zero-order valence-electron chi connectivity index (χ0n) is 10.2. The molecule has 1 aliphatic rings. The third-order valence-corrected chi connectivity index (χ3v) is 4.23. The van der Waals surface area contributed by atoms with E-state index < -0.39 is 0 Å². The first kappa shape index (κ1) is 13.2. The summed E-state index contributed by atoms with van der Waals surface area (Å²) in [5.74, 6) is 1.44. The number of H-pyrrole nitrogens is 1. The molecule has 100 valence electrons. The Kier molecular flexibility index (Phi) is 3.23. The fourth-order valence-corrected chi connectivity index (χ4v) is 3.52. The Labute approximate surface area is 126 Å². The Morgan fingerprint density at radius 2 is 1.89 bits per heavy atom. The van der Waals surface area contributed by atoms with E-state index in [1.807, 2.05) is 12.1 Å². The zero-order chi connectivity index (χ0) is 13.6. The Morgan fingerprint density at radius 3 is 2.37 bits per heavy atom. The molecule has 2 aromatic rings. The number of pyridine rings is 1. The van der Waals surface area contributed by atoms with Gasteiger partial charge in [-0.3, -0.25) is 0 Å². The van der Waals surface area contributed by atoms with E-state index in [9.17, 15) is 0 Å². The minimum Gasteiger partial charge on any atom is -0.319 e. The number of aromatic nitrogens is 4. The van der Waals surface area contributed by atoms with Crippen molar-refractivity contribution in [2.75, 3.05) is 0 Å². The predicted octanol–water partition coefficient (Wildman–Crippen LogP) is 3.51. The maximum Gasteiger partial charge on any atom is 0.185 e. The van der Waals surface area contributed by atoms with Crippen LogP contribution in [0.3, 0.4) is 0 Å². The zero-order valence-corrected chi connectivity index (χ0v) is 12.6. The van der Waals surface area contributed by atoms with Gasteiger partial charge in [0.15, 0.2) is 5.16 Å². The Balaban J connectivity index is 2.11. The topological polar surface area (TPSA) is 54.5 Å². The summed E-state index contributed by atoms with van der Waals surface area (Å²) >= 11 is 16.2. The first-order chi connectivity index (χ1) is 8.99. The summed E-state index contributed by atoms with van der Waals surface area (Å²) in [6.45, 7) is 2.21. The van der Waals surface area contributed by atoms with Crippen LogP contribution < -0.4 is 0 Å². The number of rotatable bonds is 2. The number of thiol groups is 1. The lowest BCUT2D eigenvalue weighted by Gasteiger charge is -2.45. The van der Waals surface area contributed by atoms with Gasteiger partial charge in [0.1, 0.15) is 16.1 Å². The lowest BCUT2D eigenvalue weighted by atomic mass is 9.59. The van der Waals surface area contributed by atoms with Crippen molar-refractivity contribution in [3.63, 3.8) is 0 Å². The van der Waals surface area contributed by atoms with Crippen LogP contribution in [0.25, 0.3) is 0 Å². The molecule has 1 fully saturated rings. The van der Waals surface area contributed by atoms with Gasteiger partial charge in [-0.1, -0.05) is 30.1 Å². The molecule has 0 unspecified atom stereocenters. The highest BCUT2D eigenvalue weighted by Gasteiger charge is 2.47. The molecular formula is C12H12Cl2N4S. The third-order valence-electron chi connectivity index (χ3n) is 3.64. The minimum atomic E-state index is -0.205. The number of hydrogen-bond donors (Lipinski definition) is 2. The molecule has 19 heavy (non-hydrogen) atoms. The van der Waals surface area contributed by atoms with E-state index >= 15 is 0 Å². The van der Waals surface area contributed by atoms with E-state index in [1.165, 1.54) is 0 Å². The second kappa shape index (κ2) is 4.65. The highest BCUT2D eigenvalue weighted by molar-refractivity contribution is 7.80. The molecule has 0 radical (unpaired) electrons.